The molecule has 7 heteroatoms. The minimum absolute atomic E-state index is 0.0343. The Balaban J connectivity index is 1.36. The molecule has 0 bridgehead atoms. The summed E-state index contributed by atoms with van der Waals surface area (Å²) >= 11 is 0. The first-order valence-corrected chi connectivity index (χ1v) is 10.7. The third kappa shape index (κ3) is 4.32. The highest BCUT2D eigenvalue weighted by Gasteiger charge is 2.11. The Morgan fingerprint density at radius 2 is 1.75 bits per heavy atom. The summed E-state index contributed by atoms with van der Waals surface area (Å²) in [7, 11) is 3.25. The van der Waals surface area contributed by atoms with E-state index in [0.29, 0.717) is 37.9 Å². The largest absolute Gasteiger partial charge is 0.497 e. The third-order valence-electron chi connectivity index (χ3n) is 5.63. The molecule has 7 nitrogen and oxygen atoms in total. The van der Waals surface area contributed by atoms with E-state index in [-0.39, 0.29) is 11.5 Å². The molecule has 1 amide bonds. The van der Waals surface area contributed by atoms with Crippen molar-refractivity contribution in [1.29, 1.82) is 0 Å². The zero-order valence-corrected chi connectivity index (χ0v) is 18.3. The molecular formula is C25H27N3O4. The number of methoxy groups -OCH3 is 2. The molecule has 4 aromatic rings. The molecule has 32 heavy (non-hydrogen) atoms. The Bertz CT molecular complexity index is 1310. The summed E-state index contributed by atoms with van der Waals surface area (Å²) in [5.74, 6) is 1.49. The number of fused-ring (bicyclic) bond motifs is 3. The lowest BCUT2D eigenvalue weighted by atomic mass is 10.1. The molecular weight excluding hydrogens is 406 g/mol. The number of carbonyl (C=O) groups is 1. The van der Waals surface area contributed by atoms with Gasteiger partial charge in [-0.3, -0.25) is 9.59 Å². The van der Waals surface area contributed by atoms with Crippen molar-refractivity contribution in [1.82, 2.24) is 14.3 Å². The number of benzene rings is 2. The predicted octanol–water partition coefficient (Wildman–Crippen LogP) is 3.41. The number of hydrogen-bond acceptors (Lipinski definition) is 4. The molecule has 0 spiro atoms. The van der Waals surface area contributed by atoms with Gasteiger partial charge in [0.15, 0.2) is 0 Å². The number of aromatic nitrogens is 2. The van der Waals surface area contributed by atoms with Crippen LogP contribution in [-0.2, 0) is 17.8 Å². The van der Waals surface area contributed by atoms with Crippen molar-refractivity contribution in [3.63, 3.8) is 0 Å². The minimum Gasteiger partial charge on any atom is -0.497 e. The number of hydrogen-bond donors (Lipinski definition) is 1. The lowest BCUT2D eigenvalue weighted by Crippen LogP contribution is -2.27. The van der Waals surface area contributed by atoms with Crippen molar-refractivity contribution in [3.05, 3.63) is 76.7 Å². The van der Waals surface area contributed by atoms with Crippen molar-refractivity contribution in [2.75, 3.05) is 20.8 Å². The summed E-state index contributed by atoms with van der Waals surface area (Å²) < 4.78 is 14.3. The van der Waals surface area contributed by atoms with E-state index in [4.69, 9.17) is 9.47 Å². The molecule has 2 aromatic heterocycles. The molecule has 0 atom stereocenters. The van der Waals surface area contributed by atoms with Crippen LogP contribution in [0, 0.1) is 0 Å². The molecule has 0 aliphatic carbocycles. The average Bonchev–Trinajstić information content (AvgIpc) is 3.31. The molecule has 2 aromatic carbocycles. The van der Waals surface area contributed by atoms with Gasteiger partial charge in [0.1, 0.15) is 17.0 Å². The number of amides is 1. The van der Waals surface area contributed by atoms with Gasteiger partial charge in [-0.05, 0) is 60.9 Å². The van der Waals surface area contributed by atoms with Gasteiger partial charge in [-0.2, -0.15) is 0 Å². The zero-order chi connectivity index (χ0) is 22.5. The van der Waals surface area contributed by atoms with Crippen LogP contribution in [0.3, 0.4) is 0 Å². The van der Waals surface area contributed by atoms with E-state index in [1.807, 2.05) is 65.2 Å². The summed E-state index contributed by atoms with van der Waals surface area (Å²) in [5, 5.41) is 2.96. The van der Waals surface area contributed by atoms with E-state index in [0.717, 1.165) is 28.1 Å². The van der Waals surface area contributed by atoms with Crippen molar-refractivity contribution in [3.8, 4) is 11.5 Å². The number of nitrogens with one attached hydrogen (secondary N) is 1. The molecule has 0 aliphatic heterocycles. The molecule has 0 aliphatic rings. The number of rotatable bonds is 9. The minimum atomic E-state index is -0.0424. The van der Waals surface area contributed by atoms with Gasteiger partial charge in [-0.1, -0.05) is 12.1 Å². The third-order valence-corrected chi connectivity index (χ3v) is 5.63. The summed E-state index contributed by atoms with van der Waals surface area (Å²) in [5.41, 5.74) is 3.42. The predicted molar refractivity (Wildman–Crippen MR) is 125 cm³/mol. The highest BCUT2D eigenvalue weighted by atomic mass is 16.5. The molecule has 0 fully saturated rings. The van der Waals surface area contributed by atoms with Gasteiger partial charge in [-0.25, -0.2) is 0 Å². The second-order valence-corrected chi connectivity index (χ2v) is 7.59. The average molecular weight is 434 g/mol. The maximum absolute atomic E-state index is 12.9. The maximum atomic E-state index is 12.9. The van der Waals surface area contributed by atoms with Crippen LogP contribution in [0.4, 0.5) is 0 Å². The van der Waals surface area contributed by atoms with E-state index >= 15 is 0 Å². The summed E-state index contributed by atoms with van der Waals surface area (Å²) in [6.07, 6.45) is 3.46. The Morgan fingerprint density at radius 3 is 2.53 bits per heavy atom. The van der Waals surface area contributed by atoms with Crippen LogP contribution in [-0.4, -0.2) is 35.6 Å². The topological polar surface area (TPSA) is 74.0 Å². The standard InChI is InChI=1S/C25H27N3O4/c1-31-19-11-12-23(32-2)18(17-19)13-14-26-24(29)10-6-16-28-21-8-4-3-7-20(21)27-15-5-9-22(27)25(28)30/h3-5,7-9,11-12,15,17H,6,10,13-14,16H2,1-2H3,(H,26,29). The zero-order valence-electron chi connectivity index (χ0n) is 18.3. The lowest BCUT2D eigenvalue weighted by Gasteiger charge is -2.13. The Kier molecular flexibility index (Phi) is 6.44. The highest BCUT2D eigenvalue weighted by molar-refractivity contribution is 5.79. The second kappa shape index (κ2) is 9.60. The molecule has 2 heterocycles. The molecule has 4 rings (SSSR count). The van der Waals surface area contributed by atoms with Gasteiger partial charge >= 0.3 is 0 Å². The summed E-state index contributed by atoms with van der Waals surface area (Å²) in [4.78, 5) is 25.3. The first-order chi connectivity index (χ1) is 15.6. The quantitative estimate of drug-likeness (QED) is 0.439. The molecule has 0 saturated heterocycles. The Labute approximate surface area is 186 Å². The number of carbonyl (C=O) groups excluding carboxylic acids is 1. The van der Waals surface area contributed by atoms with Gasteiger partial charge in [0.05, 0.1) is 25.3 Å². The first kappa shape index (κ1) is 21.5. The van der Waals surface area contributed by atoms with Crippen molar-refractivity contribution in [2.45, 2.75) is 25.8 Å². The van der Waals surface area contributed by atoms with Crippen LogP contribution in [0.1, 0.15) is 18.4 Å². The van der Waals surface area contributed by atoms with E-state index in [1.54, 1.807) is 18.8 Å². The number of aryl methyl sites for hydroxylation is 1. The first-order valence-electron chi connectivity index (χ1n) is 10.7. The smallest absolute Gasteiger partial charge is 0.275 e. The second-order valence-electron chi connectivity index (χ2n) is 7.59. The molecule has 0 unspecified atom stereocenters. The van der Waals surface area contributed by atoms with Gasteiger partial charge in [0.25, 0.3) is 5.56 Å². The van der Waals surface area contributed by atoms with Gasteiger partial charge in [-0.15, -0.1) is 0 Å². The number of ether oxygens (including phenoxy) is 2. The number of para-hydroxylation sites is 2. The van der Waals surface area contributed by atoms with Gasteiger partial charge in [0, 0.05) is 25.7 Å². The van der Waals surface area contributed by atoms with Crippen LogP contribution in [0.15, 0.2) is 65.6 Å². The molecule has 1 N–H and O–H groups in total. The van der Waals surface area contributed by atoms with Gasteiger partial charge < -0.3 is 23.8 Å². The Hall–Kier alpha value is -3.74. The fraction of sp³-hybridized carbons (Fsp3) is 0.280. The van der Waals surface area contributed by atoms with Crippen molar-refractivity contribution in [2.24, 2.45) is 0 Å². The van der Waals surface area contributed by atoms with Crippen LogP contribution in [0.5, 0.6) is 11.5 Å². The molecule has 166 valence electrons. The summed E-state index contributed by atoms with van der Waals surface area (Å²) in [6, 6.07) is 17.1. The monoisotopic (exact) mass is 433 g/mol. The molecule has 0 saturated carbocycles. The van der Waals surface area contributed by atoms with Crippen LogP contribution < -0.4 is 20.3 Å². The fourth-order valence-electron chi connectivity index (χ4n) is 4.03. The number of nitrogens with zero attached hydrogens (tertiary/aromatic N) is 2. The SMILES string of the molecule is COc1ccc(OC)c(CCNC(=O)CCCn2c(=O)c3cccn3c3ccccc32)c1. The molecule has 0 radical (unpaired) electrons. The van der Waals surface area contributed by atoms with E-state index < -0.39 is 0 Å². The summed E-state index contributed by atoms with van der Waals surface area (Å²) in [6.45, 7) is 0.986. The van der Waals surface area contributed by atoms with Gasteiger partial charge in [0.2, 0.25) is 5.91 Å². The fourth-order valence-corrected chi connectivity index (χ4v) is 4.03. The van der Waals surface area contributed by atoms with E-state index in [2.05, 4.69) is 5.32 Å². The van der Waals surface area contributed by atoms with Crippen LogP contribution >= 0.6 is 0 Å². The highest BCUT2D eigenvalue weighted by Crippen LogP contribution is 2.24. The van der Waals surface area contributed by atoms with E-state index in [1.165, 1.54) is 0 Å². The lowest BCUT2D eigenvalue weighted by molar-refractivity contribution is -0.121. The van der Waals surface area contributed by atoms with Crippen LogP contribution in [0.2, 0.25) is 0 Å². The van der Waals surface area contributed by atoms with Crippen molar-refractivity contribution >= 4 is 22.5 Å². The van der Waals surface area contributed by atoms with E-state index in [9.17, 15) is 9.59 Å². The van der Waals surface area contributed by atoms with Crippen molar-refractivity contribution < 1.29 is 14.3 Å². The maximum Gasteiger partial charge on any atom is 0.275 e. The van der Waals surface area contributed by atoms with Crippen LogP contribution in [0.25, 0.3) is 16.6 Å². The normalized spacial score (nSPS) is 11.1. The Morgan fingerprint density at radius 1 is 0.969 bits per heavy atom.